The van der Waals surface area contributed by atoms with Gasteiger partial charge >= 0.3 is 0 Å². The van der Waals surface area contributed by atoms with Crippen molar-refractivity contribution in [3.63, 3.8) is 0 Å². The summed E-state index contributed by atoms with van der Waals surface area (Å²) in [6, 6.07) is 16.1. The smallest absolute Gasteiger partial charge is 0.118 e. The summed E-state index contributed by atoms with van der Waals surface area (Å²) in [5, 5.41) is 0. The van der Waals surface area contributed by atoms with Crippen molar-refractivity contribution in [1.82, 2.24) is 0 Å². The first-order valence-corrected chi connectivity index (χ1v) is 4.86. The average Bonchev–Trinajstić information content (AvgIpc) is 2.30. The first kappa shape index (κ1) is 9.78. The molecule has 0 bridgehead atoms. The Labute approximate surface area is 90.3 Å². The summed E-state index contributed by atoms with van der Waals surface area (Å²) in [6.07, 6.45) is 0. The van der Waals surface area contributed by atoms with E-state index >= 15 is 0 Å². The van der Waals surface area contributed by atoms with Gasteiger partial charge in [0.25, 0.3) is 0 Å². The minimum absolute atomic E-state index is 0.875. The van der Waals surface area contributed by atoms with Crippen molar-refractivity contribution in [2.24, 2.45) is 0 Å². The molecule has 0 N–H and O–H groups in total. The Morgan fingerprint density at radius 2 is 1.60 bits per heavy atom. The summed E-state index contributed by atoms with van der Waals surface area (Å²) in [4.78, 5) is 0. The van der Waals surface area contributed by atoms with E-state index < -0.39 is 0 Å². The highest BCUT2D eigenvalue weighted by molar-refractivity contribution is 5.68. The molecule has 0 saturated heterocycles. The lowest BCUT2D eigenvalue weighted by molar-refractivity contribution is 0.415. The SMILES string of the molecule is [CH2]c1ccccc1-c1ccc(OC)cc1. The molecule has 0 aromatic heterocycles. The lowest BCUT2D eigenvalue weighted by Gasteiger charge is -2.06. The zero-order chi connectivity index (χ0) is 10.7. The first-order valence-electron chi connectivity index (χ1n) is 4.86. The lowest BCUT2D eigenvalue weighted by atomic mass is 10.0. The first-order chi connectivity index (χ1) is 7.31. The van der Waals surface area contributed by atoms with Gasteiger partial charge in [0.2, 0.25) is 0 Å². The van der Waals surface area contributed by atoms with Crippen LogP contribution in [0.15, 0.2) is 48.5 Å². The fourth-order valence-corrected chi connectivity index (χ4v) is 1.57. The van der Waals surface area contributed by atoms with Gasteiger partial charge in [-0.1, -0.05) is 36.4 Å². The maximum absolute atomic E-state index is 5.12. The topological polar surface area (TPSA) is 9.23 Å². The molecule has 2 aromatic rings. The molecule has 75 valence electrons. The van der Waals surface area contributed by atoms with E-state index in [9.17, 15) is 0 Å². The Kier molecular flexibility index (Phi) is 2.72. The van der Waals surface area contributed by atoms with E-state index in [0.717, 1.165) is 11.3 Å². The van der Waals surface area contributed by atoms with Crippen LogP contribution in [0.4, 0.5) is 0 Å². The van der Waals surface area contributed by atoms with Gasteiger partial charge in [0.1, 0.15) is 5.75 Å². The number of hydrogen-bond donors (Lipinski definition) is 0. The summed E-state index contributed by atoms with van der Waals surface area (Å²) in [5.41, 5.74) is 3.38. The van der Waals surface area contributed by atoms with Crippen molar-refractivity contribution in [3.8, 4) is 16.9 Å². The number of hydrogen-bond acceptors (Lipinski definition) is 1. The molecule has 0 atom stereocenters. The molecule has 0 amide bonds. The largest absolute Gasteiger partial charge is 0.497 e. The zero-order valence-electron chi connectivity index (χ0n) is 8.73. The van der Waals surface area contributed by atoms with Crippen LogP contribution < -0.4 is 4.74 Å². The summed E-state index contributed by atoms with van der Waals surface area (Å²) < 4.78 is 5.12. The standard InChI is InChI=1S/C14H13O/c1-11-5-3-4-6-14(11)12-7-9-13(15-2)10-8-12/h3-10H,1H2,2H3. The second kappa shape index (κ2) is 4.18. The molecule has 0 fully saturated rings. The van der Waals surface area contributed by atoms with Gasteiger partial charge in [-0.3, -0.25) is 0 Å². The maximum Gasteiger partial charge on any atom is 0.118 e. The molecule has 2 rings (SSSR count). The highest BCUT2D eigenvalue weighted by Crippen LogP contribution is 2.24. The fourth-order valence-electron chi connectivity index (χ4n) is 1.57. The molecular weight excluding hydrogens is 184 g/mol. The minimum Gasteiger partial charge on any atom is -0.497 e. The predicted octanol–water partition coefficient (Wildman–Crippen LogP) is 3.54. The van der Waals surface area contributed by atoms with Gasteiger partial charge in [0.05, 0.1) is 7.11 Å². The van der Waals surface area contributed by atoms with Crippen molar-refractivity contribution >= 4 is 0 Å². The summed E-state index contributed by atoms with van der Waals surface area (Å²) in [5.74, 6) is 0.875. The van der Waals surface area contributed by atoms with E-state index in [4.69, 9.17) is 4.74 Å². The summed E-state index contributed by atoms with van der Waals surface area (Å²) in [6.45, 7) is 4.01. The van der Waals surface area contributed by atoms with Gasteiger partial charge in [-0.05, 0) is 35.7 Å². The molecule has 0 spiro atoms. The predicted molar refractivity (Wildman–Crippen MR) is 62.9 cm³/mol. The molecule has 0 aliphatic carbocycles. The van der Waals surface area contributed by atoms with Crippen molar-refractivity contribution in [2.45, 2.75) is 0 Å². The van der Waals surface area contributed by atoms with E-state index in [2.05, 4.69) is 13.0 Å². The van der Waals surface area contributed by atoms with E-state index in [0.29, 0.717) is 0 Å². The number of methoxy groups -OCH3 is 1. The van der Waals surface area contributed by atoms with Crippen LogP contribution in [0.1, 0.15) is 5.56 Å². The number of rotatable bonds is 2. The molecule has 0 aliphatic rings. The van der Waals surface area contributed by atoms with Crippen LogP contribution in [-0.4, -0.2) is 7.11 Å². The molecule has 0 aliphatic heterocycles. The minimum atomic E-state index is 0.875. The third-order valence-electron chi connectivity index (χ3n) is 2.42. The van der Waals surface area contributed by atoms with E-state index in [1.54, 1.807) is 7.11 Å². The van der Waals surface area contributed by atoms with Crippen LogP contribution in [0.2, 0.25) is 0 Å². The molecule has 1 radical (unpaired) electrons. The van der Waals surface area contributed by atoms with Crippen LogP contribution in [-0.2, 0) is 0 Å². The van der Waals surface area contributed by atoms with Gasteiger partial charge in [0, 0.05) is 0 Å². The van der Waals surface area contributed by atoms with Crippen LogP contribution >= 0.6 is 0 Å². The molecule has 2 aromatic carbocycles. The molecule has 0 heterocycles. The fraction of sp³-hybridized carbons (Fsp3) is 0.0714. The van der Waals surface area contributed by atoms with Gasteiger partial charge < -0.3 is 4.74 Å². The Bertz CT molecular complexity index is 443. The Hall–Kier alpha value is -1.76. The average molecular weight is 197 g/mol. The van der Waals surface area contributed by atoms with Gasteiger partial charge in [0.15, 0.2) is 0 Å². The van der Waals surface area contributed by atoms with Gasteiger partial charge in [-0.25, -0.2) is 0 Å². The maximum atomic E-state index is 5.12. The third kappa shape index (κ3) is 2.01. The van der Waals surface area contributed by atoms with Crippen molar-refractivity contribution in [2.75, 3.05) is 7.11 Å². The normalized spacial score (nSPS) is 10.0. The second-order valence-electron chi connectivity index (χ2n) is 3.39. The Morgan fingerprint density at radius 1 is 0.933 bits per heavy atom. The quantitative estimate of drug-likeness (QED) is 0.715. The van der Waals surface area contributed by atoms with Crippen LogP contribution in [0, 0.1) is 6.92 Å². The molecule has 0 saturated carbocycles. The highest BCUT2D eigenvalue weighted by atomic mass is 16.5. The van der Waals surface area contributed by atoms with Crippen molar-refractivity contribution in [3.05, 3.63) is 61.0 Å². The van der Waals surface area contributed by atoms with Crippen LogP contribution in [0.25, 0.3) is 11.1 Å². The van der Waals surface area contributed by atoms with Gasteiger partial charge in [-0.2, -0.15) is 0 Å². The van der Waals surface area contributed by atoms with Crippen LogP contribution in [0.3, 0.4) is 0 Å². The molecular formula is C14H13O. The van der Waals surface area contributed by atoms with E-state index in [1.807, 2.05) is 42.5 Å². The number of ether oxygens (including phenoxy) is 1. The third-order valence-corrected chi connectivity index (χ3v) is 2.42. The van der Waals surface area contributed by atoms with E-state index in [1.165, 1.54) is 11.1 Å². The summed E-state index contributed by atoms with van der Waals surface area (Å²) >= 11 is 0. The lowest BCUT2D eigenvalue weighted by Crippen LogP contribution is -1.84. The van der Waals surface area contributed by atoms with Crippen molar-refractivity contribution in [1.29, 1.82) is 0 Å². The molecule has 15 heavy (non-hydrogen) atoms. The Balaban J connectivity index is 2.42. The monoisotopic (exact) mass is 197 g/mol. The second-order valence-corrected chi connectivity index (χ2v) is 3.39. The zero-order valence-corrected chi connectivity index (χ0v) is 8.73. The van der Waals surface area contributed by atoms with Crippen LogP contribution in [0.5, 0.6) is 5.75 Å². The molecule has 1 nitrogen and oxygen atoms in total. The Morgan fingerprint density at radius 3 is 2.20 bits per heavy atom. The van der Waals surface area contributed by atoms with Gasteiger partial charge in [-0.15, -0.1) is 0 Å². The summed E-state index contributed by atoms with van der Waals surface area (Å²) in [7, 11) is 1.67. The molecule has 0 unspecified atom stereocenters. The molecule has 1 heteroatoms. The van der Waals surface area contributed by atoms with E-state index in [-0.39, 0.29) is 0 Å². The van der Waals surface area contributed by atoms with Crippen molar-refractivity contribution < 1.29 is 4.74 Å². The highest BCUT2D eigenvalue weighted by Gasteiger charge is 2.00. The number of benzene rings is 2.